The third-order valence-corrected chi connectivity index (χ3v) is 6.47. The molecule has 0 N–H and O–H groups in total. The molecule has 0 aliphatic rings. The van der Waals surface area contributed by atoms with Crippen molar-refractivity contribution in [2.45, 2.75) is 139 Å². The van der Waals surface area contributed by atoms with Crippen LogP contribution >= 0.6 is 11.8 Å². The number of aryl methyl sites for hydroxylation is 1. The number of thioether (sulfide) groups is 1. The van der Waals surface area contributed by atoms with E-state index in [4.69, 9.17) is 0 Å². The van der Waals surface area contributed by atoms with Gasteiger partial charge in [-0.05, 0) is 73.0 Å². The molecule has 1 rings (SSSR count). The molecule has 0 bridgehead atoms. The molecule has 0 spiro atoms. The van der Waals surface area contributed by atoms with Gasteiger partial charge in [-0.2, -0.15) is 11.8 Å². The molecule has 0 amide bonds. The first-order chi connectivity index (χ1) is 15.4. The minimum absolute atomic E-state index is 0.764. The SMILES string of the molecule is CC.CCC(C)C.CCC(C)C.CCCC(CC)c1ccc(CCCCCCSC)cc1. The summed E-state index contributed by atoms with van der Waals surface area (Å²) >= 11 is 1.97. The van der Waals surface area contributed by atoms with Crippen LogP contribution in [0.1, 0.15) is 144 Å². The minimum atomic E-state index is 0.764. The smallest absolute Gasteiger partial charge is 0.00703 e. The van der Waals surface area contributed by atoms with Gasteiger partial charge in [0.15, 0.2) is 0 Å². The van der Waals surface area contributed by atoms with Crippen molar-refractivity contribution >= 4 is 11.8 Å². The van der Waals surface area contributed by atoms with Gasteiger partial charge in [0.2, 0.25) is 0 Å². The number of benzene rings is 1. The summed E-state index contributed by atoms with van der Waals surface area (Å²) in [5.74, 6) is 3.86. The van der Waals surface area contributed by atoms with E-state index < -0.39 is 0 Å². The third-order valence-electron chi connectivity index (χ3n) is 5.78. The van der Waals surface area contributed by atoms with E-state index in [1.54, 1.807) is 0 Å². The van der Waals surface area contributed by atoms with E-state index in [-0.39, 0.29) is 0 Å². The van der Waals surface area contributed by atoms with Crippen molar-refractivity contribution in [2.75, 3.05) is 12.0 Å². The monoisotopic (exact) mass is 466 g/mol. The molecule has 0 aliphatic heterocycles. The highest BCUT2D eigenvalue weighted by Gasteiger charge is 2.07. The highest BCUT2D eigenvalue weighted by Crippen LogP contribution is 2.25. The zero-order valence-electron chi connectivity index (χ0n) is 24.2. The van der Waals surface area contributed by atoms with Gasteiger partial charge in [-0.25, -0.2) is 0 Å². The second kappa shape index (κ2) is 28.6. The Bertz CT molecular complexity index is 424. The summed E-state index contributed by atoms with van der Waals surface area (Å²) in [7, 11) is 0. The van der Waals surface area contributed by atoms with E-state index in [1.807, 2.05) is 25.6 Å². The van der Waals surface area contributed by atoms with Crippen LogP contribution in [-0.2, 0) is 6.42 Å². The third kappa shape index (κ3) is 25.8. The summed E-state index contributed by atoms with van der Waals surface area (Å²) in [4.78, 5) is 0. The van der Waals surface area contributed by atoms with Gasteiger partial charge in [-0.3, -0.25) is 0 Å². The molecule has 0 aliphatic carbocycles. The molecule has 0 radical (unpaired) electrons. The first kappa shape index (κ1) is 36.1. The number of rotatable bonds is 13. The van der Waals surface area contributed by atoms with Gasteiger partial charge in [-0.1, -0.05) is 126 Å². The van der Waals surface area contributed by atoms with Crippen LogP contribution in [0.5, 0.6) is 0 Å². The number of hydrogen-bond donors (Lipinski definition) is 0. The molecule has 0 saturated heterocycles. The van der Waals surface area contributed by atoms with Crippen LogP contribution in [0, 0.1) is 11.8 Å². The zero-order valence-corrected chi connectivity index (χ0v) is 25.0. The van der Waals surface area contributed by atoms with Crippen molar-refractivity contribution < 1.29 is 0 Å². The van der Waals surface area contributed by atoms with Crippen LogP contribution in [0.15, 0.2) is 24.3 Å². The van der Waals surface area contributed by atoms with Crippen LogP contribution in [0.3, 0.4) is 0 Å². The van der Waals surface area contributed by atoms with Crippen molar-refractivity contribution in [3.63, 3.8) is 0 Å². The van der Waals surface area contributed by atoms with E-state index in [2.05, 4.69) is 85.9 Å². The lowest BCUT2D eigenvalue weighted by Crippen LogP contribution is -1.97. The topological polar surface area (TPSA) is 0 Å². The van der Waals surface area contributed by atoms with Crippen molar-refractivity contribution in [2.24, 2.45) is 11.8 Å². The van der Waals surface area contributed by atoms with E-state index in [0.29, 0.717) is 0 Å². The molecule has 0 heterocycles. The van der Waals surface area contributed by atoms with Crippen LogP contribution in [-0.4, -0.2) is 12.0 Å². The van der Waals surface area contributed by atoms with Crippen LogP contribution in [0.4, 0.5) is 0 Å². The lowest BCUT2D eigenvalue weighted by Gasteiger charge is -2.14. The van der Waals surface area contributed by atoms with Gasteiger partial charge >= 0.3 is 0 Å². The Morgan fingerprint density at radius 1 is 0.688 bits per heavy atom. The van der Waals surface area contributed by atoms with E-state index in [9.17, 15) is 0 Å². The molecule has 1 aromatic carbocycles. The van der Waals surface area contributed by atoms with Crippen LogP contribution in [0.25, 0.3) is 0 Å². The summed E-state index contributed by atoms with van der Waals surface area (Å²) in [6, 6.07) is 9.45. The Hall–Kier alpha value is -0.430. The van der Waals surface area contributed by atoms with Crippen molar-refractivity contribution in [1.29, 1.82) is 0 Å². The maximum atomic E-state index is 2.37. The minimum Gasteiger partial charge on any atom is -0.165 e. The molecule has 0 nitrogen and oxygen atoms in total. The van der Waals surface area contributed by atoms with Gasteiger partial charge in [0.25, 0.3) is 0 Å². The molecule has 0 saturated carbocycles. The second-order valence-corrected chi connectivity index (χ2v) is 10.4. The fourth-order valence-corrected chi connectivity index (χ4v) is 3.33. The quantitative estimate of drug-likeness (QED) is 0.260. The molecule has 32 heavy (non-hydrogen) atoms. The average molecular weight is 467 g/mol. The Morgan fingerprint density at radius 2 is 1.16 bits per heavy atom. The largest absolute Gasteiger partial charge is 0.165 e. The van der Waals surface area contributed by atoms with Gasteiger partial charge in [0, 0.05) is 0 Å². The summed E-state index contributed by atoms with van der Waals surface area (Å²) < 4.78 is 0. The molecule has 0 fully saturated rings. The molecule has 0 aromatic heterocycles. The standard InChI is InChI=1S/C19H32S.2C5H12.C2H6/c1-4-10-18(5-2)19-14-12-17(13-15-19)11-8-6-7-9-16-20-3;2*1-4-5(2)3;1-2/h12-15,18H,4-11,16H2,1-3H3;2*5H,4H2,1-3H3;1-2H3. The summed E-state index contributed by atoms with van der Waals surface area (Å²) in [6.45, 7) is 21.9. The predicted molar refractivity (Wildman–Crippen MR) is 157 cm³/mol. The highest BCUT2D eigenvalue weighted by molar-refractivity contribution is 7.98. The molecule has 1 heteroatoms. The van der Waals surface area contributed by atoms with Crippen LogP contribution < -0.4 is 0 Å². The lowest BCUT2D eigenvalue weighted by atomic mass is 9.91. The molecular formula is C31H62S. The first-order valence-electron chi connectivity index (χ1n) is 13.9. The molecule has 1 unspecified atom stereocenters. The molecule has 1 aromatic rings. The molecule has 192 valence electrons. The highest BCUT2D eigenvalue weighted by atomic mass is 32.2. The van der Waals surface area contributed by atoms with Gasteiger partial charge in [0.1, 0.15) is 0 Å². The van der Waals surface area contributed by atoms with E-state index >= 15 is 0 Å². The Kier molecular flexibility index (Phi) is 32.3. The normalized spacial score (nSPS) is 11.0. The molecule has 1 atom stereocenters. The Morgan fingerprint density at radius 3 is 1.53 bits per heavy atom. The summed E-state index contributed by atoms with van der Waals surface area (Å²) in [6.07, 6.45) is 15.5. The zero-order chi connectivity index (χ0) is 25.2. The van der Waals surface area contributed by atoms with Crippen molar-refractivity contribution in [1.82, 2.24) is 0 Å². The Labute approximate surface area is 210 Å². The number of hydrogen-bond acceptors (Lipinski definition) is 1. The van der Waals surface area contributed by atoms with Gasteiger partial charge in [0.05, 0.1) is 0 Å². The summed E-state index contributed by atoms with van der Waals surface area (Å²) in [5, 5.41) is 0. The fraction of sp³-hybridized carbons (Fsp3) is 0.806. The van der Waals surface area contributed by atoms with E-state index in [0.717, 1.165) is 17.8 Å². The fourth-order valence-electron chi connectivity index (χ4n) is 2.84. The van der Waals surface area contributed by atoms with Crippen LogP contribution in [0.2, 0.25) is 0 Å². The second-order valence-electron chi connectivity index (χ2n) is 9.40. The Balaban J connectivity index is -0.000000579. The van der Waals surface area contributed by atoms with Gasteiger partial charge < -0.3 is 0 Å². The maximum absolute atomic E-state index is 2.37. The molecular weight excluding hydrogens is 404 g/mol. The lowest BCUT2D eigenvalue weighted by molar-refractivity contribution is 0.595. The summed E-state index contributed by atoms with van der Waals surface area (Å²) in [5.41, 5.74) is 3.06. The van der Waals surface area contributed by atoms with E-state index in [1.165, 1.54) is 81.1 Å². The predicted octanol–water partition coefficient (Wildman–Crippen LogP) is 11.6. The van der Waals surface area contributed by atoms with Gasteiger partial charge in [-0.15, -0.1) is 0 Å². The average Bonchev–Trinajstić information content (AvgIpc) is 2.82. The maximum Gasteiger partial charge on any atom is -0.00703 e. The van der Waals surface area contributed by atoms with Crippen molar-refractivity contribution in [3.05, 3.63) is 35.4 Å². The number of unbranched alkanes of at least 4 members (excludes halogenated alkanes) is 3. The first-order valence-corrected chi connectivity index (χ1v) is 15.3. The van der Waals surface area contributed by atoms with Crippen molar-refractivity contribution in [3.8, 4) is 0 Å².